The van der Waals surface area contributed by atoms with E-state index in [1.165, 1.54) is 11.3 Å². The Morgan fingerprint density at radius 3 is 2.72 bits per heavy atom. The van der Waals surface area contributed by atoms with E-state index < -0.39 is 10.0 Å². The number of nitrogens with one attached hydrogen (secondary N) is 1. The zero-order valence-electron chi connectivity index (χ0n) is 9.67. The minimum atomic E-state index is -3.33. The van der Waals surface area contributed by atoms with Crippen LogP contribution in [0.3, 0.4) is 0 Å². The van der Waals surface area contributed by atoms with E-state index in [0.29, 0.717) is 17.8 Å². The van der Waals surface area contributed by atoms with Gasteiger partial charge in [0.05, 0.1) is 5.75 Å². The summed E-state index contributed by atoms with van der Waals surface area (Å²) in [7, 11) is -3.33. The molecule has 0 radical (unpaired) electrons. The third-order valence-corrected chi connectivity index (χ3v) is 4.53. The Labute approximate surface area is 111 Å². The predicted octanol–water partition coefficient (Wildman–Crippen LogP) is 1.95. The number of nitrogens with two attached hydrogens (primary N) is 1. The molecule has 1 aromatic carbocycles. The van der Waals surface area contributed by atoms with E-state index in [4.69, 9.17) is 5.73 Å². The Hall–Kier alpha value is -1.37. The summed E-state index contributed by atoms with van der Waals surface area (Å²) in [6, 6.07) is 10.7. The molecule has 2 rings (SSSR count). The van der Waals surface area contributed by atoms with E-state index in [-0.39, 0.29) is 5.75 Å². The number of hydrogen-bond donors (Lipinski definition) is 2. The summed E-state index contributed by atoms with van der Waals surface area (Å²) in [6.45, 7) is 0.336. The van der Waals surface area contributed by atoms with Crippen LogP contribution in [0.2, 0.25) is 0 Å². The first-order chi connectivity index (χ1) is 8.55. The number of benzene rings is 1. The molecule has 0 saturated carbocycles. The molecule has 96 valence electrons. The average Bonchev–Trinajstić information content (AvgIpc) is 2.78. The third kappa shape index (κ3) is 3.83. The van der Waals surface area contributed by atoms with Crippen LogP contribution >= 0.6 is 11.3 Å². The molecule has 0 aliphatic rings. The summed E-state index contributed by atoms with van der Waals surface area (Å²) in [6.07, 6.45) is 0. The van der Waals surface area contributed by atoms with Crippen LogP contribution < -0.4 is 10.5 Å². The molecule has 0 fully saturated rings. The van der Waals surface area contributed by atoms with Crippen molar-refractivity contribution < 1.29 is 8.42 Å². The quantitative estimate of drug-likeness (QED) is 0.823. The zero-order valence-corrected chi connectivity index (χ0v) is 11.3. The van der Waals surface area contributed by atoms with Crippen molar-refractivity contribution in [3.8, 4) is 0 Å². The molecule has 18 heavy (non-hydrogen) atoms. The molecule has 1 aromatic heterocycles. The van der Waals surface area contributed by atoms with Gasteiger partial charge in [0.2, 0.25) is 10.0 Å². The van der Waals surface area contributed by atoms with E-state index >= 15 is 0 Å². The molecule has 3 N–H and O–H groups in total. The molecule has 0 aliphatic heterocycles. The first-order valence-electron chi connectivity index (χ1n) is 5.39. The van der Waals surface area contributed by atoms with Gasteiger partial charge in [0, 0.05) is 17.1 Å². The molecular weight excluding hydrogens is 268 g/mol. The Morgan fingerprint density at radius 2 is 2.06 bits per heavy atom. The maximum absolute atomic E-state index is 11.9. The molecular formula is C12H14N2O2S2. The van der Waals surface area contributed by atoms with E-state index in [1.807, 2.05) is 17.5 Å². The van der Waals surface area contributed by atoms with Gasteiger partial charge in [0.25, 0.3) is 0 Å². The van der Waals surface area contributed by atoms with Crippen LogP contribution in [0, 0.1) is 0 Å². The predicted molar refractivity (Wildman–Crippen MR) is 74.6 cm³/mol. The van der Waals surface area contributed by atoms with Crippen LogP contribution in [0.15, 0.2) is 41.8 Å². The van der Waals surface area contributed by atoms with Crippen molar-refractivity contribution in [2.75, 3.05) is 5.73 Å². The maximum atomic E-state index is 11.9. The van der Waals surface area contributed by atoms with Gasteiger partial charge in [-0.1, -0.05) is 18.2 Å². The molecule has 0 spiro atoms. The van der Waals surface area contributed by atoms with Crippen LogP contribution in [0.5, 0.6) is 0 Å². The van der Waals surface area contributed by atoms with Crippen molar-refractivity contribution in [1.82, 2.24) is 4.72 Å². The molecule has 0 unspecified atom stereocenters. The largest absolute Gasteiger partial charge is 0.399 e. The standard InChI is InChI=1S/C12H14N2O2S2/c13-11-4-1-3-10(7-11)9-18(15,16)14-8-12-5-2-6-17-12/h1-7,14H,8-9,13H2. The monoisotopic (exact) mass is 282 g/mol. The van der Waals surface area contributed by atoms with E-state index in [2.05, 4.69) is 4.72 Å². The van der Waals surface area contributed by atoms with Crippen LogP contribution in [-0.4, -0.2) is 8.42 Å². The molecule has 0 bridgehead atoms. The van der Waals surface area contributed by atoms with Crippen LogP contribution in [0.1, 0.15) is 10.4 Å². The SMILES string of the molecule is Nc1cccc(CS(=O)(=O)NCc2cccs2)c1. The Bertz CT molecular complexity index is 607. The number of rotatable bonds is 5. The fourth-order valence-electron chi connectivity index (χ4n) is 1.55. The van der Waals surface area contributed by atoms with Crippen molar-refractivity contribution in [2.45, 2.75) is 12.3 Å². The van der Waals surface area contributed by atoms with Gasteiger partial charge in [-0.05, 0) is 29.1 Å². The normalized spacial score (nSPS) is 11.6. The van der Waals surface area contributed by atoms with Crippen molar-refractivity contribution >= 4 is 27.0 Å². The molecule has 0 aliphatic carbocycles. The highest BCUT2D eigenvalue weighted by Gasteiger charge is 2.11. The number of anilines is 1. The fourth-order valence-corrected chi connectivity index (χ4v) is 3.38. The lowest BCUT2D eigenvalue weighted by molar-refractivity contribution is 0.581. The van der Waals surface area contributed by atoms with Crippen molar-refractivity contribution in [3.05, 3.63) is 52.2 Å². The van der Waals surface area contributed by atoms with Crippen molar-refractivity contribution in [3.63, 3.8) is 0 Å². The molecule has 1 heterocycles. The lowest BCUT2D eigenvalue weighted by Crippen LogP contribution is -2.24. The van der Waals surface area contributed by atoms with Gasteiger partial charge in [0.15, 0.2) is 0 Å². The van der Waals surface area contributed by atoms with Crippen molar-refractivity contribution in [2.24, 2.45) is 0 Å². The summed E-state index contributed by atoms with van der Waals surface area (Å²) in [5.74, 6) is -0.0522. The highest BCUT2D eigenvalue weighted by Crippen LogP contribution is 2.11. The molecule has 4 nitrogen and oxygen atoms in total. The Kier molecular flexibility index (Phi) is 4.00. The number of hydrogen-bond acceptors (Lipinski definition) is 4. The number of thiophene rings is 1. The highest BCUT2D eigenvalue weighted by molar-refractivity contribution is 7.88. The fraction of sp³-hybridized carbons (Fsp3) is 0.167. The topological polar surface area (TPSA) is 72.2 Å². The second-order valence-corrected chi connectivity index (χ2v) is 6.74. The van der Waals surface area contributed by atoms with Crippen LogP contribution in [-0.2, 0) is 22.3 Å². The first kappa shape index (κ1) is 13.1. The smallest absolute Gasteiger partial charge is 0.216 e. The molecule has 0 amide bonds. The first-order valence-corrected chi connectivity index (χ1v) is 7.92. The average molecular weight is 282 g/mol. The molecule has 0 saturated heterocycles. The second kappa shape index (κ2) is 5.51. The van der Waals surface area contributed by atoms with Crippen molar-refractivity contribution in [1.29, 1.82) is 0 Å². The van der Waals surface area contributed by atoms with Gasteiger partial charge in [-0.25, -0.2) is 13.1 Å². The highest BCUT2D eigenvalue weighted by atomic mass is 32.2. The molecule has 6 heteroatoms. The summed E-state index contributed by atoms with van der Waals surface area (Å²) < 4.78 is 26.3. The van der Waals surface area contributed by atoms with Crippen LogP contribution in [0.25, 0.3) is 0 Å². The van der Waals surface area contributed by atoms with Gasteiger partial charge >= 0.3 is 0 Å². The van der Waals surface area contributed by atoms with Gasteiger partial charge in [-0.3, -0.25) is 0 Å². The summed E-state index contributed by atoms with van der Waals surface area (Å²) in [4.78, 5) is 0.992. The van der Waals surface area contributed by atoms with Gasteiger partial charge in [-0.2, -0.15) is 0 Å². The minimum absolute atomic E-state index is 0.0522. The van der Waals surface area contributed by atoms with Gasteiger partial charge < -0.3 is 5.73 Å². The Morgan fingerprint density at radius 1 is 1.22 bits per heavy atom. The lowest BCUT2D eigenvalue weighted by Gasteiger charge is -2.06. The van der Waals surface area contributed by atoms with E-state index in [0.717, 1.165) is 4.88 Å². The third-order valence-electron chi connectivity index (χ3n) is 2.35. The van der Waals surface area contributed by atoms with Gasteiger partial charge in [0.1, 0.15) is 0 Å². The van der Waals surface area contributed by atoms with Crippen LogP contribution in [0.4, 0.5) is 5.69 Å². The molecule has 2 aromatic rings. The van der Waals surface area contributed by atoms with E-state index in [1.54, 1.807) is 24.3 Å². The molecule has 0 atom stereocenters. The zero-order chi connectivity index (χ0) is 13.0. The minimum Gasteiger partial charge on any atom is -0.399 e. The second-order valence-electron chi connectivity index (χ2n) is 3.90. The summed E-state index contributed by atoms with van der Waals surface area (Å²) in [5, 5.41) is 1.92. The van der Waals surface area contributed by atoms with E-state index in [9.17, 15) is 8.42 Å². The van der Waals surface area contributed by atoms with Gasteiger partial charge in [-0.15, -0.1) is 11.3 Å². The maximum Gasteiger partial charge on any atom is 0.216 e. The number of sulfonamides is 1. The summed E-state index contributed by atoms with van der Waals surface area (Å²) in [5.41, 5.74) is 6.87. The lowest BCUT2D eigenvalue weighted by atomic mass is 10.2. The Balaban J connectivity index is 1.99. The number of nitrogen functional groups attached to an aromatic ring is 1. The summed E-state index contributed by atoms with van der Waals surface area (Å²) >= 11 is 1.53.